The third-order valence-corrected chi connectivity index (χ3v) is 17.8. The number of carboxylic acid groups (broad SMARTS) is 1. The molecule has 3 unspecified atom stereocenters. The van der Waals surface area contributed by atoms with Crippen LogP contribution < -0.4 is 10.6 Å². The number of amides is 2. The summed E-state index contributed by atoms with van der Waals surface area (Å²) >= 11 is 0. The monoisotopic (exact) mass is 1530 g/mol. The zero-order valence-electron chi connectivity index (χ0n) is 70.3. The molecule has 0 aliphatic heterocycles. The minimum Gasteiger partial charge on any atom is -0.480 e. The summed E-state index contributed by atoms with van der Waals surface area (Å²) in [5, 5.41) is 14.7. The number of alkyl carbamates (subject to hydrolysis) is 2. The summed E-state index contributed by atoms with van der Waals surface area (Å²) in [6.07, 6.45) is 0.310. The number of carbonyl (C=O) groups is 7. The Morgan fingerprint density at radius 2 is 0.607 bits per heavy atom. The number of nitrogens with zero attached hydrogens (tertiary/aromatic N) is 1. The van der Waals surface area contributed by atoms with E-state index < -0.39 is 68.3 Å². The average molecular weight is 1530 g/mol. The van der Waals surface area contributed by atoms with Gasteiger partial charge in [-0.15, -0.1) is 0 Å². The third kappa shape index (κ3) is 31.2. The predicted octanol–water partition coefficient (Wildman–Crippen LogP) is 19.8. The molecule has 17 heteroatoms. The number of ether oxygens (including phenoxy) is 6. The summed E-state index contributed by atoms with van der Waals surface area (Å²) in [7, 11) is 0. The van der Waals surface area contributed by atoms with Gasteiger partial charge in [-0.3, -0.25) is 24.2 Å². The van der Waals surface area contributed by atoms with Crippen molar-refractivity contribution in [1.29, 1.82) is 0 Å². The second kappa shape index (κ2) is 40.5. The Balaban J connectivity index is 0.000000273. The number of hydrogen-bond donors (Lipinski definition) is 3. The van der Waals surface area contributed by atoms with Crippen LogP contribution in [0.2, 0.25) is 0 Å². The fraction of sp³-hybridized carbons (Fsp3) is 0.411. The van der Waals surface area contributed by atoms with Crippen LogP contribution in [0.25, 0.3) is 0 Å². The van der Waals surface area contributed by atoms with Crippen molar-refractivity contribution in [3.63, 3.8) is 0 Å². The lowest BCUT2D eigenvalue weighted by atomic mass is 9.84. The van der Waals surface area contributed by atoms with Gasteiger partial charge in [0, 0.05) is 23.6 Å². The molecule has 600 valence electrons. The van der Waals surface area contributed by atoms with Crippen LogP contribution in [-0.2, 0) is 107 Å². The molecular weight excluding hydrogens is 1410 g/mol. The van der Waals surface area contributed by atoms with E-state index in [1.165, 1.54) is 11.1 Å². The fourth-order valence-corrected chi connectivity index (χ4v) is 11.1. The molecule has 0 saturated heterocycles. The molecule has 0 aliphatic rings. The van der Waals surface area contributed by atoms with Gasteiger partial charge >= 0.3 is 42.0 Å². The maximum absolute atomic E-state index is 12.7. The number of aliphatic imine (C=N–C) groups is 1. The summed E-state index contributed by atoms with van der Waals surface area (Å²) in [5.74, 6) is -2.16. The molecule has 2 amide bonds. The van der Waals surface area contributed by atoms with E-state index in [0.717, 1.165) is 62.2 Å². The third-order valence-electron chi connectivity index (χ3n) is 17.8. The van der Waals surface area contributed by atoms with E-state index in [1.807, 2.05) is 296 Å². The summed E-state index contributed by atoms with van der Waals surface area (Å²) in [4.78, 5) is 90.7. The number of nitrogens with one attached hydrogen (secondary N) is 2. The first-order valence-electron chi connectivity index (χ1n) is 38.2. The van der Waals surface area contributed by atoms with Crippen LogP contribution in [-0.4, -0.2) is 93.4 Å². The van der Waals surface area contributed by atoms with Gasteiger partial charge in [-0.2, -0.15) is 0 Å². The lowest BCUT2D eigenvalue weighted by molar-refractivity contribution is -0.161. The van der Waals surface area contributed by atoms with Gasteiger partial charge in [-0.05, 0) is 222 Å². The summed E-state index contributed by atoms with van der Waals surface area (Å²) in [6.45, 7) is 43.7. The SMILES string of the molecule is CC(C)(C)OC(=O)C(C)(C)c1ccc(CC(NC(=O)OCc2ccccc2)C(=O)O)cc1.CC(Cc1ccc(C(C)(C)C(=O)OC(C)(C)C)cc1)N=C(c1ccccc1)c1ccccc1.CC(Cc1ccc(C(C)(C)C(=O)OC(C)(C)C)cc1)NC(=O)OCc1ccccc1.Cc1ccc(C(C)(C)C(=O)OC(C)(C)C)cc1. The van der Waals surface area contributed by atoms with Crippen LogP contribution in [0.5, 0.6) is 0 Å². The highest BCUT2D eigenvalue weighted by atomic mass is 16.6. The largest absolute Gasteiger partial charge is 0.480 e. The van der Waals surface area contributed by atoms with Gasteiger partial charge in [0.2, 0.25) is 0 Å². The molecule has 3 N–H and O–H groups in total. The Bertz CT molecular complexity index is 4290. The van der Waals surface area contributed by atoms with Gasteiger partial charge in [-0.25, -0.2) is 14.4 Å². The van der Waals surface area contributed by atoms with E-state index in [9.17, 15) is 38.7 Å². The van der Waals surface area contributed by atoms with Crippen molar-refractivity contribution in [3.05, 3.63) is 285 Å². The Morgan fingerprint density at radius 3 is 0.902 bits per heavy atom. The molecule has 8 aromatic rings. The van der Waals surface area contributed by atoms with Gasteiger partial charge in [0.1, 0.15) is 41.7 Å². The van der Waals surface area contributed by atoms with Crippen LogP contribution >= 0.6 is 0 Å². The first-order chi connectivity index (χ1) is 52.0. The Morgan fingerprint density at radius 1 is 0.339 bits per heavy atom. The van der Waals surface area contributed by atoms with Crippen molar-refractivity contribution in [2.24, 2.45) is 4.99 Å². The summed E-state index contributed by atoms with van der Waals surface area (Å²) < 4.78 is 32.5. The Kier molecular flexibility index (Phi) is 33.2. The molecular formula is C95H121N3O14. The molecule has 0 spiro atoms. The maximum atomic E-state index is 12.7. The molecule has 0 aromatic heterocycles. The van der Waals surface area contributed by atoms with Crippen molar-refractivity contribution in [2.75, 3.05) is 0 Å². The molecule has 0 aliphatic carbocycles. The van der Waals surface area contributed by atoms with Crippen LogP contribution in [0.1, 0.15) is 219 Å². The lowest BCUT2D eigenvalue weighted by Crippen LogP contribution is -2.42. The van der Waals surface area contributed by atoms with E-state index in [2.05, 4.69) is 54.0 Å². The van der Waals surface area contributed by atoms with Crippen molar-refractivity contribution in [1.82, 2.24) is 10.6 Å². The first kappa shape index (κ1) is 91.9. The number of hydrogen-bond acceptors (Lipinski definition) is 14. The standard InChI is InChI=1S/C30H35NO2.C25H31NO6.C25H33NO4.C15H22O2/c1-22(31-27(24-13-9-7-10-14-24)25-15-11-8-12-16-25)21-23-17-19-26(20-18-23)30(5,6)28(32)33-29(2,3)4;1-24(2,3)32-22(29)25(4,5)19-13-11-17(12-14-19)15-20(21(27)28)26-23(30)31-16-18-9-7-6-8-10-18;1-18(26-23(28)29-17-20-10-8-7-9-11-20)16-19-12-14-21(15-13-19)25(5,6)22(27)30-24(2,3)4;1-11-7-9-12(10-8-11)15(5,6)13(16)17-14(2,3)4/h7-20,22H,21H2,1-6H3;6-14,20H,15-16H2,1-5H3,(H,26,30)(H,27,28);7-15,18H,16-17H2,1-6H3,(H,26,28);7-10H,1-6H3. The highest BCUT2D eigenvalue weighted by Gasteiger charge is 2.38. The van der Waals surface area contributed by atoms with Crippen molar-refractivity contribution in [2.45, 2.75) is 254 Å². The van der Waals surface area contributed by atoms with Crippen LogP contribution in [0, 0.1) is 6.92 Å². The number of esters is 4. The van der Waals surface area contributed by atoms with E-state index >= 15 is 0 Å². The zero-order valence-corrected chi connectivity index (χ0v) is 70.3. The number of aryl methyl sites for hydroxylation is 1. The Hall–Kier alpha value is -10.7. The fourth-order valence-electron chi connectivity index (χ4n) is 11.1. The van der Waals surface area contributed by atoms with Gasteiger partial charge < -0.3 is 44.2 Å². The van der Waals surface area contributed by atoms with E-state index in [0.29, 0.717) is 12.0 Å². The molecule has 112 heavy (non-hydrogen) atoms. The Labute approximate surface area is 666 Å². The predicted molar refractivity (Wildman–Crippen MR) is 445 cm³/mol. The molecule has 8 aromatic carbocycles. The number of benzene rings is 8. The quantitative estimate of drug-likeness (QED) is 0.0290. The number of rotatable bonds is 24. The molecule has 0 fully saturated rings. The molecule has 3 atom stereocenters. The van der Waals surface area contributed by atoms with Crippen molar-refractivity contribution < 1.29 is 67.1 Å². The van der Waals surface area contributed by atoms with Gasteiger partial charge in [0.05, 0.1) is 33.4 Å². The highest BCUT2D eigenvalue weighted by molar-refractivity contribution is 6.13. The van der Waals surface area contributed by atoms with Crippen molar-refractivity contribution >= 4 is 47.7 Å². The zero-order chi connectivity index (χ0) is 83.6. The molecule has 0 heterocycles. The molecule has 8 rings (SSSR count). The minimum absolute atomic E-state index is 0.0491. The topological polar surface area (TPSA) is 232 Å². The van der Waals surface area contributed by atoms with Gasteiger partial charge in [0.15, 0.2) is 0 Å². The maximum Gasteiger partial charge on any atom is 0.408 e. The normalized spacial score (nSPS) is 12.6. The van der Waals surface area contributed by atoms with E-state index in [4.69, 9.17) is 33.4 Å². The summed E-state index contributed by atoms with van der Waals surface area (Å²) in [6, 6.07) is 69.3. The van der Waals surface area contributed by atoms with E-state index in [-0.39, 0.29) is 55.6 Å². The van der Waals surface area contributed by atoms with E-state index in [1.54, 1.807) is 38.1 Å². The van der Waals surface area contributed by atoms with Crippen LogP contribution in [0.3, 0.4) is 0 Å². The number of aliphatic carboxylic acids is 1. The second-order valence-corrected chi connectivity index (χ2v) is 34.3. The molecule has 17 nitrogen and oxygen atoms in total. The van der Waals surface area contributed by atoms with Crippen molar-refractivity contribution in [3.8, 4) is 0 Å². The van der Waals surface area contributed by atoms with Gasteiger partial charge in [0.25, 0.3) is 0 Å². The molecule has 0 radical (unpaired) electrons. The number of carboxylic acids is 1. The number of carbonyl (C=O) groups excluding carboxylic acids is 6. The molecule has 0 saturated carbocycles. The van der Waals surface area contributed by atoms with Crippen LogP contribution in [0.4, 0.5) is 9.59 Å². The van der Waals surface area contributed by atoms with Gasteiger partial charge in [-0.1, -0.05) is 224 Å². The minimum atomic E-state index is -1.17. The molecule has 0 bridgehead atoms. The first-order valence-corrected chi connectivity index (χ1v) is 38.2. The second-order valence-electron chi connectivity index (χ2n) is 34.3. The smallest absolute Gasteiger partial charge is 0.408 e. The lowest BCUT2D eigenvalue weighted by Gasteiger charge is -2.29. The highest BCUT2D eigenvalue weighted by Crippen LogP contribution is 2.32. The van der Waals surface area contributed by atoms with Crippen LogP contribution in [0.15, 0.2) is 223 Å². The average Bonchev–Trinajstić information content (AvgIpc) is 0.837. The summed E-state index contributed by atoms with van der Waals surface area (Å²) in [5.41, 5.74) is 7.72.